The highest BCUT2D eigenvalue weighted by Crippen LogP contribution is 2.28. The fourth-order valence-corrected chi connectivity index (χ4v) is 3.42. The second-order valence-electron chi connectivity index (χ2n) is 7.71. The lowest BCUT2D eigenvalue weighted by Crippen LogP contribution is -2.07. The van der Waals surface area contributed by atoms with Gasteiger partial charge >= 0.3 is 12.1 Å². The van der Waals surface area contributed by atoms with Crippen molar-refractivity contribution in [3.63, 3.8) is 0 Å². The number of carboxylic acid groups (broad SMARTS) is 1. The normalized spacial score (nSPS) is 11.7. The Morgan fingerprint density at radius 2 is 1.91 bits per heavy atom. The van der Waals surface area contributed by atoms with Crippen LogP contribution in [-0.2, 0) is 37.3 Å². The number of alkyl halides is 3. The van der Waals surface area contributed by atoms with Crippen LogP contribution in [-0.4, -0.2) is 42.2 Å². The van der Waals surface area contributed by atoms with Gasteiger partial charge in [0.05, 0.1) is 24.3 Å². The van der Waals surface area contributed by atoms with Crippen LogP contribution in [0.4, 0.5) is 13.2 Å². The quantitative estimate of drug-likeness (QED) is 0.430. The lowest BCUT2D eigenvalue weighted by atomic mass is 10.1. The molecular weight excluding hydrogens is 439 g/mol. The molecule has 0 bridgehead atoms. The van der Waals surface area contributed by atoms with E-state index in [1.54, 1.807) is 13.2 Å². The Balaban J connectivity index is 1.59. The first-order valence-corrected chi connectivity index (χ1v) is 10.7. The smallest absolute Gasteiger partial charge is 0.417 e. The fourth-order valence-electron chi connectivity index (χ4n) is 3.42. The highest BCUT2D eigenvalue weighted by molar-refractivity contribution is 5.70. The van der Waals surface area contributed by atoms with Gasteiger partial charge in [0.15, 0.2) is 5.82 Å². The average Bonchev–Trinajstić information content (AvgIpc) is 3.30. The standard InChI is InChI=1S/C22H26F3N5O3/c1-3-6-18-15(14-30(27-18)19-9-8-17(12-26-19)22(23,24)25)7-4-5-10-33-21-16(11-20(31)32)13-29(2)28-21/h8-9,12-14H,3-7,10-11H2,1-2H3,(H,31,32). The van der Waals surface area contributed by atoms with Gasteiger partial charge < -0.3 is 9.84 Å². The largest absolute Gasteiger partial charge is 0.481 e. The zero-order chi connectivity index (χ0) is 24.0. The van der Waals surface area contributed by atoms with E-state index in [-0.39, 0.29) is 6.42 Å². The number of carboxylic acids is 1. The van der Waals surface area contributed by atoms with Crippen molar-refractivity contribution >= 4 is 5.97 Å². The van der Waals surface area contributed by atoms with Crippen LogP contribution in [0.15, 0.2) is 30.7 Å². The lowest BCUT2D eigenvalue weighted by Gasteiger charge is -2.06. The van der Waals surface area contributed by atoms with Gasteiger partial charge in [-0.3, -0.25) is 9.48 Å². The van der Waals surface area contributed by atoms with Crippen LogP contribution >= 0.6 is 0 Å². The van der Waals surface area contributed by atoms with Crippen molar-refractivity contribution < 1.29 is 27.8 Å². The zero-order valence-electron chi connectivity index (χ0n) is 18.5. The molecular formula is C22H26F3N5O3. The molecule has 0 amide bonds. The van der Waals surface area contributed by atoms with Gasteiger partial charge in [-0.2, -0.15) is 18.3 Å². The molecule has 0 saturated carbocycles. The summed E-state index contributed by atoms with van der Waals surface area (Å²) >= 11 is 0. The first-order chi connectivity index (χ1) is 15.7. The third-order valence-corrected chi connectivity index (χ3v) is 4.96. The molecule has 0 saturated heterocycles. The van der Waals surface area contributed by atoms with Crippen LogP contribution in [0.5, 0.6) is 5.88 Å². The number of carbonyl (C=O) groups is 1. The van der Waals surface area contributed by atoms with Gasteiger partial charge in [-0.1, -0.05) is 13.3 Å². The first-order valence-electron chi connectivity index (χ1n) is 10.7. The van der Waals surface area contributed by atoms with E-state index in [1.807, 2.05) is 13.1 Å². The predicted molar refractivity (Wildman–Crippen MR) is 113 cm³/mol. The van der Waals surface area contributed by atoms with Crippen LogP contribution < -0.4 is 4.74 Å². The van der Waals surface area contributed by atoms with E-state index in [9.17, 15) is 18.0 Å². The lowest BCUT2D eigenvalue weighted by molar-refractivity contribution is -0.138. The van der Waals surface area contributed by atoms with Crippen LogP contribution in [0.1, 0.15) is 48.6 Å². The molecule has 0 fully saturated rings. The van der Waals surface area contributed by atoms with Crippen molar-refractivity contribution in [3.05, 3.63) is 53.1 Å². The van der Waals surface area contributed by atoms with Crippen molar-refractivity contribution in [2.75, 3.05) is 6.61 Å². The minimum absolute atomic E-state index is 0.152. The van der Waals surface area contributed by atoms with E-state index in [2.05, 4.69) is 15.2 Å². The Morgan fingerprint density at radius 1 is 1.12 bits per heavy atom. The molecule has 0 atom stereocenters. The van der Waals surface area contributed by atoms with Gasteiger partial charge in [0.1, 0.15) is 0 Å². The highest BCUT2D eigenvalue weighted by atomic mass is 19.4. The zero-order valence-corrected chi connectivity index (χ0v) is 18.5. The number of unbranched alkanes of at least 4 members (excludes halogenated alkanes) is 1. The number of pyridine rings is 1. The van der Waals surface area contributed by atoms with E-state index in [0.717, 1.165) is 55.6 Å². The molecule has 0 aromatic carbocycles. The minimum Gasteiger partial charge on any atom is -0.481 e. The molecule has 3 aromatic rings. The molecule has 0 aliphatic rings. The van der Waals surface area contributed by atoms with Gasteiger partial charge in [0.2, 0.25) is 5.88 Å². The monoisotopic (exact) mass is 465 g/mol. The van der Waals surface area contributed by atoms with Gasteiger partial charge in [-0.05, 0) is 43.4 Å². The van der Waals surface area contributed by atoms with Crippen molar-refractivity contribution in [3.8, 4) is 11.7 Å². The molecule has 3 aromatic heterocycles. The van der Waals surface area contributed by atoms with Crippen LogP contribution in [0.3, 0.4) is 0 Å². The third kappa shape index (κ3) is 6.56. The van der Waals surface area contributed by atoms with Gasteiger partial charge in [0.25, 0.3) is 0 Å². The summed E-state index contributed by atoms with van der Waals surface area (Å²) in [7, 11) is 1.71. The average molecular weight is 465 g/mol. The highest BCUT2D eigenvalue weighted by Gasteiger charge is 2.30. The fraction of sp³-hybridized carbons (Fsp3) is 0.455. The number of aliphatic carboxylic acids is 1. The second-order valence-corrected chi connectivity index (χ2v) is 7.71. The number of nitrogens with zero attached hydrogens (tertiary/aromatic N) is 5. The summed E-state index contributed by atoms with van der Waals surface area (Å²) in [6.07, 6.45) is 3.55. The van der Waals surface area contributed by atoms with Gasteiger partial charge in [-0.25, -0.2) is 9.67 Å². The molecule has 3 heterocycles. The summed E-state index contributed by atoms with van der Waals surface area (Å²) in [5.74, 6) is -0.292. The number of aromatic nitrogens is 5. The molecule has 0 radical (unpaired) electrons. The van der Waals surface area contributed by atoms with Crippen molar-refractivity contribution in [1.29, 1.82) is 0 Å². The maximum absolute atomic E-state index is 12.8. The van der Waals surface area contributed by atoms with Crippen LogP contribution in [0.2, 0.25) is 0 Å². The van der Waals surface area contributed by atoms with E-state index in [1.165, 1.54) is 15.4 Å². The maximum Gasteiger partial charge on any atom is 0.417 e. The second kappa shape index (κ2) is 10.5. The molecule has 0 aliphatic carbocycles. The van der Waals surface area contributed by atoms with Gasteiger partial charge in [-0.15, -0.1) is 5.10 Å². The molecule has 0 spiro atoms. The molecule has 8 nitrogen and oxygen atoms in total. The first kappa shape index (κ1) is 24.3. The third-order valence-electron chi connectivity index (χ3n) is 4.96. The maximum atomic E-state index is 12.8. The number of ether oxygens (including phenoxy) is 1. The Hall–Kier alpha value is -3.37. The number of rotatable bonds is 11. The molecule has 178 valence electrons. The van der Waals surface area contributed by atoms with Crippen molar-refractivity contribution in [2.45, 2.75) is 51.6 Å². The number of hydrogen-bond donors (Lipinski definition) is 1. The SMILES string of the molecule is CCCc1nn(-c2ccc(C(F)(F)F)cn2)cc1CCCCOc1nn(C)cc1CC(=O)O. The Kier molecular flexibility index (Phi) is 7.72. The molecule has 3 rings (SSSR count). The summed E-state index contributed by atoms with van der Waals surface area (Å²) < 4.78 is 47.0. The topological polar surface area (TPSA) is 95.1 Å². The number of aryl methyl sites for hydroxylation is 3. The molecule has 0 aliphatic heterocycles. The molecule has 1 N–H and O–H groups in total. The summed E-state index contributed by atoms with van der Waals surface area (Å²) in [5.41, 5.74) is 1.64. The van der Waals surface area contributed by atoms with Crippen LogP contribution in [0, 0.1) is 0 Å². The summed E-state index contributed by atoms with van der Waals surface area (Å²) in [6.45, 7) is 2.43. The van der Waals surface area contributed by atoms with Crippen molar-refractivity contribution in [1.82, 2.24) is 24.5 Å². The summed E-state index contributed by atoms with van der Waals surface area (Å²) in [5, 5.41) is 17.7. The number of hydrogen-bond acceptors (Lipinski definition) is 5. The van der Waals surface area contributed by atoms with E-state index in [0.29, 0.717) is 23.9 Å². The summed E-state index contributed by atoms with van der Waals surface area (Å²) in [6, 6.07) is 2.31. The Morgan fingerprint density at radius 3 is 2.55 bits per heavy atom. The Bertz CT molecular complexity index is 1070. The van der Waals surface area contributed by atoms with E-state index >= 15 is 0 Å². The Labute approximate surface area is 189 Å². The molecule has 33 heavy (non-hydrogen) atoms. The number of halogens is 3. The van der Waals surface area contributed by atoms with E-state index in [4.69, 9.17) is 9.84 Å². The van der Waals surface area contributed by atoms with Gasteiger partial charge in [0, 0.05) is 31.2 Å². The minimum atomic E-state index is -4.43. The molecule has 11 heteroatoms. The van der Waals surface area contributed by atoms with Crippen LogP contribution in [0.25, 0.3) is 5.82 Å². The summed E-state index contributed by atoms with van der Waals surface area (Å²) in [4.78, 5) is 14.9. The van der Waals surface area contributed by atoms with E-state index < -0.39 is 17.7 Å². The predicted octanol–water partition coefficient (Wildman–Crippen LogP) is 4.00. The van der Waals surface area contributed by atoms with Crippen molar-refractivity contribution in [2.24, 2.45) is 7.05 Å². The molecule has 0 unspecified atom stereocenters.